The third-order valence-electron chi connectivity index (χ3n) is 2.05. The van der Waals surface area contributed by atoms with E-state index in [1.165, 1.54) is 5.56 Å². The minimum atomic E-state index is 0.363. The molecule has 0 amide bonds. The van der Waals surface area contributed by atoms with E-state index < -0.39 is 0 Å². The van der Waals surface area contributed by atoms with Crippen LogP contribution in [0.2, 0.25) is 0 Å². The topological polar surface area (TPSA) is 58.0 Å². The van der Waals surface area contributed by atoms with Crippen LogP contribution in [-0.4, -0.2) is 13.2 Å². The van der Waals surface area contributed by atoms with Gasteiger partial charge in [-0.3, -0.25) is 0 Å². The largest absolute Gasteiger partial charge is 0.493 e. The van der Waals surface area contributed by atoms with Crippen molar-refractivity contribution in [2.75, 3.05) is 13.2 Å². The second-order valence-electron chi connectivity index (χ2n) is 3.53. The molecular weight excluding hydrogens is 190 g/mol. The first-order valence-electron chi connectivity index (χ1n) is 4.97. The molecule has 1 aromatic carbocycles. The Balaban J connectivity index is 2.54. The van der Waals surface area contributed by atoms with E-state index in [1.807, 2.05) is 18.2 Å². The maximum atomic E-state index is 8.08. The van der Waals surface area contributed by atoms with Gasteiger partial charge >= 0.3 is 0 Å². The number of hydrogen-bond acceptors (Lipinski definition) is 2. The maximum absolute atomic E-state index is 8.08. The Morgan fingerprint density at radius 1 is 1.47 bits per heavy atom. The first-order valence-corrected chi connectivity index (χ1v) is 4.97. The second-order valence-corrected chi connectivity index (χ2v) is 3.53. The molecular formula is C11H15N3O. The summed E-state index contributed by atoms with van der Waals surface area (Å²) in [7, 11) is 0. The SMILES string of the molecule is CC(C)c1cccc(OCCN=[N+]=[N-])c1. The number of rotatable bonds is 5. The van der Waals surface area contributed by atoms with Gasteiger partial charge in [-0.25, -0.2) is 0 Å². The maximum Gasteiger partial charge on any atom is 0.119 e. The predicted octanol–water partition coefficient (Wildman–Crippen LogP) is 3.50. The normalized spacial score (nSPS) is 9.80. The van der Waals surface area contributed by atoms with Gasteiger partial charge < -0.3 is 4.74 Å². The zero-order valence-corrected chi connectivity index (χ0v) is 9.05. The zero-order valence-electron chi connectivity index (χ0n) is 9.05. The predicted molar refractivity (Wildman–Crippen MR) is 60.0 cm³/mol. The molecule has 0 radical (unpaired) electrons. The minimum Gasteiger partial charge on any atom is -0.493 e. The smallest absolute Gasteiger partial charge is 0.119 e. The van der Waals surface area contributed by atoms with Gasteiger partial charge in [-0.1, -0.05) is 31.1 Å². The molecule has 0 bridgehead atoms. The van der Waals surface area contributed by atoms with Crippen LogP contribution < -0.4 is 4.74 Å². The van der Waals surface area contributed by atoms with Crippen LogP contribution in [0.3, 0.4) is 0 Å². The molecule has 0 fully saturated rings. The van der Waals surface area contributed by atoms with Crippen LogP contribution in [0.4, 0.5) is 0 Å². The van der Waals surface area contributed by atoms with Crippen LogP contribution >= 0.6 is 0 Å². The highest BCUT2D eigenvalue weighted by Gasteiger charge is 2.00. The molecule has 0 aliphatic heterocycles. The number of hydrogen-bond donors (Lipinski definition) is 0. The third kappa shape index (κ3) is 3.92. The highest BCUT2D eigenvalue weighted by molar-refractivity contribution is 5.30. The van der Waals surface area contributed by atoms with Crippen LogP contribution in [0.5, 0.6) is 5.75 Å². The monoisotopic (exact) mass is 205 g/mol. The van der Waals surface area contributed by atoms with Crippen LogP contribution in [-0.2, 0) is 0 Å². The van der Waals surface area contributed by atoms with Gasteiger partial charge in [-0.15, -0.1) is 0 Å². The van der Waals surface area contributed by atoms with E-state index in [0.29, 0.717) is 19.1 Å². The fourth-order valence-corrected chi connectivity index (χ4v) is 1.21. The van der Waals surface area contributed by atoms with Crippen molar-refractivity contribution in [1.29, 1.82) is 0 Å². The molecule has 0 spiro atoms. The summed E-state index contributed by atoms with van der Waals surface area (Å²) in [6, 6.07) is 7.96. The lowest BCUT2D eigenvalue weighted by atomic mass is 10.0. The van der Waals surface area contributed by atoms with E-state index in [1.54, 1.807) is 0 Å². The minimum absolute atomic E-state index is 0.363. The van der Waals surface area contributed by atoms with E-state index in [4.69, 9.17) is 10.3 Å². The average molecular weight is 205 g/mol. The molecule has 1 aromatic rings. The molecule has 0 unspecified atom stereocenters. The molecule has 0 saturated heterocycles. The average Bonchev–Trinajstić information content (AvgIpc) is 2.25. The molecule has 0 aromatic heterocycles. The molecule has 0 atom stereocenters. The van der Waals surface area contributed by atoms with Crippen LogP contribution in [0.15, 0.2) is 29.4 Å². The molecule has 0 heterocycles. The van der Waals surface area contributed by atoms with Gasteiger partial charge in [-0.05, 0) is 29.1 Å². The fraction of sp³-hybridized carbons (Fsp3) is 0.455. The van der Waals surface area contributed by atoms with Crippen molar-refractivity contribution in [3.8, 4) is 5.75 Å². The Bertz CT molecular complexity index is 357. The van der Waals surface area contributed by atoms with Gasteiger partial charge in [0.25, 0.3) is 0 Å². The number of azide groups is 1. The Morgan fingerprint density at radius 3 is 2.93 bits per heavy atom. The lowest BCUT2D eigenvalue weighted by molar-refractivity contribution is 0.328. The van der Waals surface area contributed by atoms with E-state index in [9.17, 15) is 0 Å². The van der Waals surface area contributed by atoms with Gasteiger partial charge in [-0.2, -0.15) is 0 Å². The summed E-state index contributed by atoms with van der Waals surface area (Å²) < 4.78 is 5.43. The Morgan fingerprint density at radius 2 is 2.27 bits per heavy atom. The van der Waals surface area contributed by atoms with Crippen molar-refractivity contribution in [2.24, 2.45) is 5.11 Å². The van der Waals surface area contributed by atoms with E-state index in [-0.39, 0.29) is 0 Å². The summed E-state index contributed by atoms with van der Waals surface area (Å²) in [4.78, 5) is 2.66. The molecule has 80 valence electrons. The molecule has 4 heteroatoms. The Labute approximate surface area is 89.5 Å². The van der Waals surface area contributed by atoms with E-state index >= 15 is 0 Å². The van der Waals surface area contributed by atoms with Crippen LogP contribution in [0.1, 0.15) is 25.3 Å². The highest BCUT2D eigenvalue weighted by Crippen LogP contribution is 2.19. The standard InChI is InChI=1S/C11H15N3O/c1-9(2)10-4-3-5-11(8-10)15-7-6-13-14-12/h3-5,8-9H,6-7H2,1-2H3. The van der Waals surface area contributed by atoms with E-state index in [0.717, 1.165) is 5.75 Å². The zero-order chi connectivity index (χ0) is 11.1. The summed E-state index contributed by atoms with van der Waals surface area (Å²) >= 11 is 0. The van der Waals surface area contributed by atoms with Gasteiger partial charge in [0.05, 0.1) is 13.2 Å². The van der Waals surface area contributed by atoms with Gasteiger partial charge in [0.2, 0.25) is 0 Å². The summed E-state index contributed by atoms with van der Waals surface area (Å²) in [6.07, 6.45) is 0. The van der Waals surface area contributed by atoms with Crippen molar-refractivity contribution in [1.82, 2.24) is 0 Å². The van der Waals surface area contributed by atoms with Crippen molar-refractivity contribution in [3.05, 3.63) is 40.3 Å². The summed E-state index contributed by atoms with van der Waals surface area (Å²) in [5.41, 5.74) is 9.33. The molecule has 0 aliphatic rings. The van der Waals surface area contributed by atoms with Crippen molar-refractivity contribution < 1.29 is 4.74 Å². The first-order chi connectivity index (χ1) is 7.24. The molecule has 15 heavy (non-hydrogen) atoms. The molecule has 4 nitrogen and oxygen atoms in total. The molecule has 0 saturated carbocycles. The lowest BCUT2D eigenvalue weighted by Gasteiger charge is -2.08. The summed E-state index contributed by atoms with van der Waals surface area (Å²) in [5.74, 6) is 1.32. The highest BCUT2D eigenvalue weighted by atomic mass is 16.5. The molecule has 0 aliphatic carbocycles. The van der Waals surface area contributed by atoms with Gasteiger partial charge in [0.15, 0.2) is 0 Å². The Hall–Kier alpha value is -1.67. The molecule has 0 N–H and O–H groups in total. The third-order valence-corrected chi connectivity index (χ3v) is 2.05. The Kier molecular flexibility index (Phi) is 4.51. The fourth-order valence-electron chi connectivity index (χ4n) is 1.21. The van der Waals surface area contributed by atoms with Crippen molar-refractivity contribution in [2.45, 2.75) is 19.8 Å². The van der Waals surface area contributed by atoms with Crippen molar-refractivity contribution >= 4 is 0 Å². The number of benzene rings is 1. The summed E-state index contributed by atoms with van der Waals surface area (Å²) in [6.45, 7) is 5.06. The molecule has 1 rings (SSSR count). The van der Waals surface area contributed by atoms with Crippen LogP contribution in [0.25, 0.3) is 10.4 Å². The number of ether oxygens (including phenoxy) is 1. The second kappa shape index (κ2) is 5.94. The van der Waals surface area contributed by atoms with Gasteiger partial charge in [0.1, 0.15) is 5.75 Å². The summed E-state index contributed by atoms with van der Waals surface area (Å²) in [5, 5.41) is 3.40. The van der Waals surface area contributed by atoms with Gasteiger partial charge in [0, 0.05) is 4.91 Å². The van der Waals surface area contributed by atoms with Crippen LogP contribution in [0, 0.1) is 0 Å². The first kappa shape index (κ1) is 11.4. The number of nitrogens with zero attached hydrogens (tertiary/aromatic N) is 3. The lowest BCUT2D eigenvalue weighted by Crippen LogP contribution is -2.00. The van der Waals surface area contributed by atoms with Crippen molar-refractivity contribution in [3.63, 3.8) is 0 Å². The quantitative estimate of drug-likeness (QED) is 0.314. The van der Waals surface area contributed by atoms with E-state index in [2.05, 4.69) is 29.9 Å².